The van der Waals surface area contributed by atoms with E-state index in [-0.39, 0.29) is 10.6 Å². The number of aromatic nitrogens is 4. The molecule has 1 N–H and O–H groups in total. The predicted octanol–water partition coefficient (Wildman–Crippen LogP) is 4.87. The van der Waals surface area contributed by atoms with Gasteiger partial charge in [0.2, 0.25) is 5.95 Å². The van der Waals surface area contributed by atoms with Gasteiger partial charge in [0.25, 0.3) is 5.69 Å². The van der Waals surface area contributed by atoms with E-state index in [1.165, 1.54) is 11.6 Å². The average molecular weight is 488 g/mol. The minimum absolute atomic E-state index is 0.0355. The number of nitrogens with zero attached hydrogens (tertiary/aromatic N) is 6. The summed E-state index contributed by atoms with van der Waals surface area (Å²) in [5, 5.41) is 15.5. The average Bonchev–Trinajstić information content (AvgIpc) is 3.45. The highest BCUT2D eigenvalue weighted by molar-refractivity contribution is 7.99. The molecule has 0 fully saturated rings. The molecule has 0 atom stereocenters. The lowest BCUT2D eigenvalue weighted by Gasteiger charge is -2.11. The summed E-state index contributed by atoms with van der Waals surface area (Å²) in [4.78, 5) is 27.1. The maximum absolute atomic E-state index is 11.3. The Morgan fingerprint density at radius 2 is 1.97 bits per heavy atom. The summed E-state index contributed by atoms with van der Waals surface area (Å²) in [6, 6.07) is 16.7. The van der Waals surface area contributed by atoms with Crippen LogP contribution in [0.4, 0.5) is 17.3 Å². The zero-order valence-corrected chi connectivity index (χ0v) is 20.3. The molecule has 0 amide bonds. The molecule has 0 spiro atoms. The summed E-state index contributed by atoms with van der Waals surface area (Å²) < 4.78 is 2.13. The predicted molar refractivity (Wildman–Crippen MR) is 138 cm³/mol. The molecule has 10 heteroatoms. The van der Waals surface area contributed by atoms with Gasteiger partial charge in [0.1, 0.15) is 0 Å². The van der Waals surface area contributed by atoms with Crippen molar-refractivity contribution in [1.82, 2.24) is 24.4 Å². The van der Waals surface area contributed by atoms with Crippen LogP contribution in [0.25, 0.3) is 22.6 Å². The molecular weight excluding hydrogens is 462 g/mol. The number of thioether (sulfide) groups is 1. The molecule has 3 heterocycles. The maximum Gasteiger partial charge on any atom is 0.270 e. The van der Waals surface area contributed by atoms with Gasteiger partial charge >= 0.3 is 0 Å². The number of hydrogen-bond donors (Lipinski definition) is 1. The fourth-order valence-corrected chi connectivity index (χ4v) is 4.94. The fourth-order valence-electron chi connectivity index (χ4n) is 3.99. The third-order valence-electron chi connectivity index (χ3n) is 5.77. The second kappa shape index (κ2) is 9.85. The largest absolute Gasteiger partial charge is 0.324 e. The van der Waals surface area contributed by atoms with Gasteiger partial charge in [0, 0.05) is 48.4 Å². The molecule has 0 saturated carbocycles. The minimum Gasteiger partial charge on any atom is -0.324 e. The summed E-state index contributed by atoms with van der Waals surface area (Å²) in [5.74, 6) is 1.41. The lowest BCUT2D eigenvalue weighted by atomic mass is 10.1. The molecule has 1 aliphatic rings. The Morgan fingerprint density at radius 1 is 1.14 bits per heavy atom. The molecule has 9 nitrogen and oxygen atoms in total. The van der Waals surface area contributed by atoms with Gasteiger partial charge in [0.15, 0.2) is 5.16 Å². The van der Waals surface area contributed by atoms with Crippen molar-refractivity contribution in [3.05, 3.63) is 76.5 Å². The first-order valence-corrected chi connectivity index (χ1v) is 12.3. The summed E-state index contributed by atoms with van der Waals surface area (Å²) in [6.07, 6.45) is 2.71. The number of anilines is 2. The lowest BCUT2D eigenvalue weighted by Crippen LogP contribution is -2.14. The van der Waals surface area contributed by atoms with Crippen LogP contribution in [0.2, 0.25) is 0 Å². The quantitative estimate of drug-likeness (QED) is 0.277. The van der Waals surface area contributed by atoms with Gasteiger partial charge in [-0.15, -0.1) is 0 Å². The van der Waals surface area contributed by atoms with E-state index in [1.54, 1.807) is 30.1 Å². The maximum atomic E-state index is 11.3. The number of likely N-dealkylation sites (N-methyl/N-ethyl adjacent to an activating group) is 1. The van der Waals surface area contributed by atoms with Crippen LogP contribution in [-0.2, 0) is 13.0 Å². The molecule has 1 aliphatic heterocycles. The summed E-state index contributed by atoms with van der Waals surface area (Å²) in [6.45, 7) is 1.80. The van der Waals surface area contributed by atoms with Crippen LogP contribution in [0.15, 0.2) is 66.0 Å². The summed E-state index contributed by atoms with van der Waals surface area (Å²) in [5.41, 5.74) is 5.15. The van der Waals surface area contributed by atoms with E-state index in [0.29, 0.717) is 22.9 Å². The molecule has 35 heavy (non-hydrogen) atoms. The Morgan fingerprint density at radius 3 is 2.74 bits per heavy atom. The number of benzene rings is 2. The van der Waals surface area contributed by atoms with Gasteiger partial charge in [-0.2, -0.15) is 0 Å². The van der Waals surface area contributed by atoms with Gasteiger partial charge < -0.3 is 14.8 Å². The number of imidazole rings is 1. The van der Waals surface area contributed by atoms with Crippen LogP contribution in [0.5, 0.6) is 0 Å². The van der Waals surface area contributed by atoms with Crippen LogP contribution in [0, 0.1) is 10.1 Å². The Labute approximate surface area is 207 Å². The van der Waals surface area contributed by atoms with E-state index in [4.69, 9.17) is 9.97 Å². The van der Waals surface area contributed by atoms with Crippen molar-refractivity contribution in [3.8, 4) is 22.6 Å². The summed E-state index contributed by atoms with van der Waals surface area (Å²) in [7, 11) is 4.14. The van der Waals surface area contributed by atoms with E-state index in [9.17, 15) is 10.1 Å². The minimum atomic E-state index is -0.389. The first kappa shape index (κ1) is 23.0. The van der Waals surface area contributed by atoms with E-state index >= 15 is 0 Å². The SMILES string of the molecule is CN(C)CCc1ccc(Nc2nccc(-c3c(-c4cccc([N+](=O)[O-])c4)nc4n3CCS4)n2)cc1. The number of nitrogens with one attached hydrogen (secondary N) is 1. The number of hydrogen-bond acceptors (Lipinski definition) is 8. The van der Waals surface area contributed by atoms with Gasteiger partial charge in [-0.1, -0.05) is 36.0 Å². The van der Waals surface area contributed by atoms with E-state index in [1.807, 2.05) is 24.3 Å². The van der Waals surface area contributed by atoms with Crippen molar-refractivity contribution >= 4 is 29.1 Å². The molecule has 0 radical (unpaired) electrons. The topological polar surface area (TPSA) is 102 Å². The highest BCUT2D eigenvalue weighted by Gasteiger charge is 2.25. The lowest BCUT2D eigenvalue weighted by molar-refractivity contribution is -0.384. The zero-order chi connectivity index (χ0) is 24.4. The summed E-state index contributed by atoms with van der Waals surface area (Å²) >= 11 is 1.67. The zero-order valence-electron chi connectivity index (χ0n) is 19.5. The van der Waals surface area contributed by atoms with Crippen molar-refractivity contribution in [2.75, 3.05) is 31.7 Å². The third-order valence-corrected chi connectivity index (χ3v) is 6.72. The van der Waals surface area contributed by atoms with Crippen molar-refractivity contribution < 1.29 is 4.92 Å². The van der Waals surface area contributed by atoms with Crippen molar-refractivity contribution in [1.29, 1.82) is 0 Å². The normalized spacial score (nSPS) is 12.7. The standard InChI is InChI=1S/C25H25N7O2S/c1-30(2)13-11-17-6-8-19(9-7-17)27-24-26-12-10-21(28-24)23-22(29-25-31(23)14-15-35-25)18-4-3-5-20(16-18)32(33)34/h3-10,12,16H,11,13-15H2,1-2H3,(H,26,27,28). The second-order valence-electron chi connectivity index (χ2n) is 8.54. The second-order valence-corrected chi connectivity index (χ2v) is 9.60. The van der Waals surface area contributed by atoms with E-state index in [2.05, 4.69) is 46.0 Å². The fraction of sp³-hybridized carbons (Fsp3) is 0.240. The molecular formula is C25H25N7O2S. The molecule has 2 aromatic heterocycles. The molecule has 5 rings (SSSR count). The molecule has 0 unspecified atom stereocenters. The molecule has 0 aliphatic carbocycles. The van der Waals surface area contributed by atoms with E-state index in [0.717, 1.165) is 41.8 Å². The first-order valence-electron chi connectivity index (χ1n) is 11.3. The third kappa shape index (κ3) is 5.03. The highest BCUT2D eigenvalue weighted by Crippen LogP contribution is 2.39. The monoisotopic (exact) mass is 487 g/mol. The highest BCUT2D eigenvalue weighted by atomic mass is 32.2. The van der Waals surface area contributed by atoms with E-state index < -0.39 is 0 Å². The molecule has 4 aromatic rings. The van der Waals surface area contributed by atoms with Crippen LogP contribution in [-0.4, -0.2) is 55.7 Å². The van der Waals surface area contributed by atoms with Crippen LogP contribution in [0.3, 0.4) is 0 Å². The molecule has 0 bridgehead atoms. The van der Waals surface area contributed by atoms with Crippen LogP contribution < -0.4 is 5.32 Å². The number of fused-ring (bicyclic) bond motifs is 1. The van der Waals surface area contributed by atoms with Gasteiger partial charge in [-0.25, -0.2) is 15.0 Å². The Bertz CT molecular complexity index is 1370. The molecule has 178 valence electrons. The van der Waals surface area contributed by atoms with Crippen molar-refractivity contribution in [3.63, 3.8) is 0 Å². The Balaban J connectivity index is 1.46. The number of nitro groups is 1. The molecule has 2 aromatic carbocycles. The Hall–Kier alpha value is -3.76. The van der Waals surface area contributed by atoms with Crippen molar-refractivity contribution in [2.45, 2.75) is 18.1 Å². The first-order chi connectivity index (χ1) is 17.0. The number of rotatable bonds is 8. The van der Waals surface area contributed by atoms with Gasteiger partial charge in [0.05, 0.1) is 22.0 Å². The number of non-ortho nitro benzene ring substituents is 1. The van der Waals surface area contributed by atoms with Crippen LogP contribution >= 0.6 is 11.8 Å². The molecule has 0 saturated heterocycles. The van der Waals surface area contributed by atoms with Gasteiger partial charge in [-0.3, -0.25) is 10.1 Å². The van der Waals surface area contributed by atoms with Crippen molar-refractivity contribution in [2.24, 2.45) is 0 Å². The smallest absolute Gasteiger partial charge is 0.270 e. The van der Waals surface area contributed by atoms with Crippen LogP contribution in [0.1, 0.15) is 5.56 Å². The Kier molecular flexibility index (Phi) is 6.47. The number of nitro benzene ring substituents is 1. The van der Waals surface area contributed by atoms with Gasteiger partial charge in [-0.05, 0) is 44.3 Å².